The van der Waals surface area contributed by atoms with Gasteiger partial charge in [-0.2, -0.15) is 0 Å². The van der Waals surface area contributed by atoms with E-state index in [4.69, 9.17) is 17.2 Å². The summed E-state index contributed by atoms with van der Waals surface area (Å²) < 4.78 is 0. The number of anilines is 2. The number of rotatable bonds is 5. The maximum atomic E-state index is 5.62. The van der Waals surface area contributed by atoms with E-state index in [0.29, 0.717) is 11.2 Å². The molecule has 1 saturated heterocycles. The number of pyridine rings is 1. The Balaban J connectivity index is 1.36. The van der Waals surface area contributed by atoms with Gasteiger partial charge in [-0.1, -0.05) is 49.6 Å². The molecular formula is C25H34N4S. The van der Waals surface area contributed by atoms with Crippen molar-refractivity contribution in [3.8, 4) is 0 Å². The number of nitrogens with zero attached hydrogens (tertiary/aromatic N) is 2. The van der Waals surface area contributed by atoms with Crippen LogP contribution in [-0.2, 0) is 5.41 Å². The fourth-order valence-electron chi connectivity index (χ4n) is 5.08. The molecule has 4 rings (SSSR count). The SMILES string of the molecule is C[C@H]1CCCCN1c1ccc(NC(=S)NCC2(c3ccccc3)CCCCC2)cn1. The molecule has 1 aromatic carbocycles. The van der Waals surface area contributed by atoms with E-state index in [1.165, 1.54) is 56.9 Å². The first-order valence-electron chi connectivity index (χ1n) is 11.5. The van der Waals surface area contributed by atoms with Gasteiger partial charge in [0.1, 0.15) is 5.82 Å². The van der Waals surface area contributed by atoms with Gasteiger partial charge in [-0.3, -0.25) is 0 Å². The summed E-state index contributed by atoms with van der Waals surface area (Å²) in [6.45, 7) is 4.27. The van der Waals surface area contributed by atoms with Crippen LogP contribution in [0.2, 0.25) is 0 Å². The maximum Gasteiger partial charge on any atom is 0.170 e. The molecule has 4 nitrogen and oxygen atoms in total. The average Bonchev–Trinajstić information content (AvgIpc) is 2.80. The fraction of sp³-hybridized carbons (Fsp3) is 0.520. The number of hydrogen-bond acceptors (Lipinski definition) is 3. The average molecular weight is 423 g/mol. The second-order valence-corrected chi connectivity index (χ2v) is 9.37. The van der Waals surface area contributed by atoms with Gasteiger partial charge in [0.25, 0.3) is 0 Å². The zero-order valence-corrected chi connectivity index (χ0v) is 18.9. The molecule has 1 aliphatic heterocycles. The first-order chi connectivity index (χ1) is 14.7. The molecule has 0 spiro atoms. The van der Waals surface area contributed by atoms with E-state index >= 15 is 0 Å². The molecule has 2 heterocycles. The Hall–Kier alpha value is -2.14. The van der Waals surface area contributed by atoms with Gasteiger partial charge in [0.2, 0.25) is 0 Å². The Labute approximate surface area is 186 Å². The monoisotopic (exact) mass is 422 g/mol. The molecule has 0 unspecified atom stereocenters. The predicted molar refractivity (Wildman–Crippen MR) is 130 cm³/mol. The van der Waals surface area contributed by atoms with Gasteiger partial charge in [-0.15, -0.1) is 0 Å². The summed E-state index contributed by atoms with van der Waals surface area (Å²) in [4.78, 5) is 7.11. The van der Waals surface area contributed by atoms with E-state index in [0.717, 1.165) is 24.6 Å². The van der Waals surface area contributed by atoms with E-state index in [1.807, 2.05) is 6.20 Å². The lowest BCUT2D eigenvalue weighted by molar-refractivity contribution is 0.292. The normalized spacial score (nSPS) is 21.1. The quantitative estimate of drug-likeness (QED) is 0.610. The summed E-state index contributed by atoms with van der Waals surface area (Å²) in [6, 6.07) is 15.7. The third kappa shape index (κ3) is 4.94. The topological polar surface area (TPSA) is 40.2 Å². The highest BCUT2D eigenvalue weighted by Gasteiger charge is 2.33. The Morgan fingerprint density at radius 1 is 1.07 bits per heavy atom. The molecule has 2 aliphatic rings. The van der Waals surface area contributed by atoms with Crippen LogP contribution in [0.3, 0.4) is 0 Å². The molecule has 1 aromatic heterocycles. The molecule has 0 radical (unpaired) electrons. The van der Waals surface area contributed by atoms with Crippen molar-refractivity contribution < 1.29 is 0 Å². The fourth-order valence-corrected chi connectivity index (χ4v) is 5.27. The van der Waals surface area contributed by atoms with Crippen LogP contribution >= 0.6 is 12.2 Å². The summed E-state index contributed by atoms with van der Waals surface area (Å²) in [5, 5.41) is 7.52. The zero-order chi connectivity index (χ0) is 20.8. The Morgan fingerprint density at radius 2 is 1.87 bits per heavy atom. The molecule has 30 heavy (non-hydrogen) atoms. The minimum Gasteiger partial charge on any atom is -0.362 e. The summed E-state index contributed by atoms with van der Waals surface area (Å²) in [5.41, 5.74) is 2.55. The molecule has 160 valence electrons. The van der Waals surface area contributed by atoms with E-state index in [1.54, 1.807) is 0 Å². The van der Waals surface area contributed by atoms with Crippen molar-refractivity contribution in [2.75, 3.05) is 23.3 Å². The van der Waals surface area contributed by atoms with Crippen molar-refractivity contribution in [2.45, 2.75) is 69.7 Å². The summed E-state index contributed by atoms with van der Waals surface area (Å²) >= 11 is 5.62. The Morgan fingerprint density at radius 3 is 2.57 bits per heavy atom. The number of benzene rings is 1. The van der Waals surface area contributed by atoms with Crippen LogP contribution in [0.4, 0.5) is 11.5 Å². The largest absolute Gasteiger partial charge is 0.362 e. The van der Waals surface area contributed by atoms with Gasteiger partial charge in [0.05, 0.1) is 11.9 Å². The van der Waals surface area contributed by atoms with Crippen LogP contribution < -0.4 is 15.5 Å². The van der Waals surface area contributed by atoms with E-state index < -0.39 is 0 Å². The summed E-state index contributed by atoms with van der Waals surface area (Å²) in [7, 11) is 0. The van der Waals surface area contributed by atoms with E-state index in [2.05, 4.69) is 64.9 Å². The lowest BCUT2D eigenvalue weighted by Crippen LogP contribution is -2.43. The van der Waals surface area contributed by atoms with Crippen LogP contribution in [-0.4, -0.2) is 29.2 Å². The minimum atomic E-state index is 0.178. The van der Waals surface area contributed by atoms with E-state index in [9.17, 15) is 0 Å². The number of hydrogen-bond donors (Lipinski definition) is 2. The Bertz CT molecular complexity index is 815. The molecule has 5 heteroatoms. The smallest absolute Gasteiger partial charge is 0.170 e. The predicted octanol–water partition coefficient (Wildman–Crippen LogP) is 5.65. The second-order valence-electron chi connectivity index (χ2n) is 8.96. The second kappa shape index (κ2) is 9.78. The minimum absolute atomic E-state index is 0.178. The maximum absolute atomic E-state index is 5.62. The molecule has 0 amide bonds. The van der Waals surface area contributed by atoms with Crippen molar-refractivity contribution in [1.82, 2.24) is 10.3 Å². The van der Waals surface area contributed by atoms with Gasteiger partial charge in [0.15, 0.2) is 5.11 Å². The lowest BCUT2D eigenvalue weighted by atomic mass is 9.69. The highest BCUT2D eigenvalue weighted by molar-refractivity contribution is 7.80. The molecule has 1 aliphatic carbocycles. The van der Waals surface area contributed by atoms with Gasteiger partial charge in [-0.05, 0) is 68.9 Å². The van der Waals surface area contributed by atoms with Crippen LogP contribution in [0, 0.1) is 0 Å². The third-order valence-corrected chi connectivity index (χ3v) is 7.13. The van der Waals surface area contributed by atoms with Crippen molar-refractivity contribution in [1.29, 1.82) is 0 Å². The number of piperidine rings is 1. The molecule has 0 bridgehead atoms. The standard InChI is InChI=1S/C25H34N4S/c1-20-10-6-9-17-29(20)23-14-13-22(18-26-23)28-24(30)27-19-25(15-7-3-8-16-25)21-11-4-2-5-12-21/h2,4-5,11-14,18,20H,3,6-10,15-17,19H2,1H3,(H2,27,28,30)/t20-/m0/s1. The third-order valence-electron chi connectivity index (χ3n) is 6.89. The zero-order valence-electron chi connectivity index (χ0n) is 18.1. The highest BCUT2D eigenvalue weighted by Crippen LogP contribution is 2.39. The molecule has 2 fully saturated rings. The first kappa shape index (κ1) is 21.1. The highest BCUT2D eigenvalue weighted by atomic mass is 32.1. The van der Waals surface area contributed by atoms with Crippen molar-refractivity contribution in [3.05, 3.63) is 54.2 Å². The number of aromatic nitrogens is 1. The van der Waals surface area contributed by atoms with Gasteiger partial charge >= 0.3 is 0 Å². The Kier molecular flexibility index (Phi) is 6.88. The molecular weight excluding hydrogens is 388 g/mol. The van der Waals surface area contributed by atoms with Crippen LogP contribution in [0.1, 0.15) is 63.9 Å². The summed E-state index contributed by atoms with van der Waals surface area (Å²) in [6.07, 6.45) is 12.1. The van der Waals surface area contributed by atoms with Crippen molar-refractivity contribution in [3.63, 3.8) is 0 Å². The van der Waals surface area contributed by atoms with Crippen LogP contribution in [0.15, 0.2) is 48.7 Å². The van der Waals surface area contributed by atoms with Crippen molar-refractivity contribution in [2.24, 2.45) is 0 Å². The first-order valence-corrected chi connectivity index (χ1v) is 11.9. The van der Waals surface area contributed by atoms with Gasteiger partial charge in [-0.25, -0.2) is 4.98 Å². The summed E-state index contributed by atoms with van der Waals surface area (Å²) in [5.74, 6) is 1.07. The van der Waals surface area contributed by atoms with Gasteiger partial charge < -0.3 is 15.5 Å². The molecule has 1 saturated carbocycles. The molecule has 2 N–H and O–H groups in total. The van der Waals surface area contributed by atoms with E-state index in [-0.39, 0.29) is 5.41 Å². The van der Waals surface area contributed by atoms with Crippen LogP contribution in [0.25, 0.3) is 0 Å². The number of thiocarbonyl (C=S) groups is 1. The van der Waals surface area contributed by atoms with Crippen LogP contribution in [0.5, 0.6) is 0 Å². The molecule has 1 atom stereocenters. The number of nitrogens with one attached hydrogen (secondary N) is 2. The molecule has 2 aromatic rings. The van der Waals surface area contributed by atoms with Crippen molar-refractivity contribution >= 4 is 28.8 Å². The van der Waals surface area contributed by atoms with Gasteiger partial charge in [0, 0.05) is 24.5 Å². The lowest BCUT2D eigenvalue weighted by Gasteiger charge is -2.38.